The van der Waals surface area contributed by atoms with Crippen LogP contribution in [-0.2, 0) is 16.5 Å². The van der Waals surface area contributed by atoms with Gasteiger partial charge in [0, 0.05) is 17.4 Å². The van der Waals surface area contributed by atoms with E-state index in [9.17, 15) is 21.6 Å². The van der Waals surface area contributed by atoms with E-state index >= 15 is 0 Å². The number of halogens is 3. The highest BCUT2D eigenvalue weighted by atomic mass is 32.2. The molecule has 144 valence electrons. The molecule has 2 aromatic carbocycles. The van der Waals surface area contributed by atoms with E-state index in [1.165, 1.54) is 12.1 Å². The Kier molecular flexibility index (Phi) is 5.00. The van der Waals surface area contributed by atoms with Crippen LogP contribution in [0.15, 0.2) is 39.8 Å². The molecule has 0 aliphatic heterocycles. The third-order valence-electron chi connectivity index (χ3n) is 4.19. The van der Waals surface area contributed by atoms with E-state index in [2.05, 4.69) is 5.16 Å². The molecule has 28 heavy (non-hydrogen) atoms. The van der Waals surface area contributed by atoms with Crippen LogP contribution in [0.3, 0.4) is 0 Å². The van der Waals surface area contributed by atoms with E-state index < -0.39 is 33.0 Å². The maximum Gasteiger partial charge on any atom is 0.178 e. The molecular weight excluding hydrogens is 393 g/mol. The van der Waals surface area contributed by atoms with Gasteiger partial charge in [0.15, 0.2) is 22.3 Å². The van der Waals surface area contributed by atoms with Gasteiger partial charge in [-0.25, -0.2) is 21.6 Å². The summed E-state index contributed by atoms with van der Waals surface area (Å²) in [6, 6.07) is 7.85. The van der Waals surface area contributed by atoms with Gasteiger partial charge in [-0.15, -0.1) is 0 Å². The monoisotopic (exact) mass is 406 g/mol. The Balaban J connectivity index is 2.27. The van der Waals surface area contributed by atoms with Gasteiger partial charge in [-0.05, 0) is 36.8 Å². The Morgan fingerprint density at radius 2 is 1.89 bits per heavy atom. The number of alkyl halides is 1. The maximum absolute atomic E-state index is 14.7. The zero-order valence-corrected chi connectivity index (χ0v) is 15.6. The van der Waals surface area contributed by atoms with Crippen molar-refractivity contribution in [2.45, 2.75) is 18.5 Å². The molecule has 1 aromatic heterocycles. The van der Waals surface area contributed by atoms with Crippen LogP contribution in [0.5, 0.6) is 0 Å². The van der Waals surface area contributed by atoms with Crippen LogP contribution in [0, 0.1) is 29.9 Å². The quantitative estimate of drug-likeness (QED) is 0.644. The van der Waals surface area contributed by atoms with E-state index in [0.717, 1.165) is 6.26 Å². The lowest BCUT2D eigenvalue weighted by Gasteiger charge is -2.09. The zero-order valence-electron chi connectivity index (χ0n) is 14.8. The van der Waals surface area contributed by atoms with Crippen molar-refractivity contribution in [3.05, 3.63) is 58.9 Å². The van der Waals surface area contributed by atoms with E-state index in [1.54, 1.807) is 13.0 Å². The van der Waals surface area contributed by atoms with Crippen LogP contribution in [0.1, 0.15) is 16.9 Å². The van der Waals surface area contributed by atoms with Gasteiger partial charge in [0.2, 0.25) is 0 Å². The third kappa shape index (κ3) is 3.39. The molecule has 0 fully saturated rings. The average molecular weight is 406 g/mol. The summed E-state index contributed by atoms with van der Waals surface area (Å²) in [7, 11) is -3.99. The second-order valence-corrected chi connectivity index (χ2v) is 8.12. The first-order valence-corrected chi connectivity index (χ1v) is 9.81. The van der Waals surface area contributed by atoms with Crippen LogP contribution in [0.25, 0.3) is 22.4 Å². The molecule has 3 aromatic rings. The number of benzene rings is 2. The number of nitrogens with zero attached hydrogens (tertiary/aromatic N) is 2. The van der Waals surface area contributed by atoms with E-state index in [0.29, 0.717) is 28.8 Å². The maximum atomic E-state index is 14.7. The molecule has 0 saturated heterocycles. The molecule has 0 atom stereocenters. The Morgan fingerprint density at radius 3 is 2.46 bits per heavy atom. The number of nitriles is 1. The molecule has 0 radical (unpaired) electrons. The van der Waals surface area contributed by atoms with Crippen molar-refractivity contribution in [2.75, 3.05) is 6.26 Å². The summed E-state index contributed by atoms with van der Waals surface area (Å²) in [6.07, 6.45) is 0.752. The number of aromatic nitrogens is 1. The lowest BCUT2D eigenvalue weighted by atomic mass is 9.96. The molecule has 0 saturated carbocycles. The lowest BCUT2D eigenvalue weighted by molar-refractivity contribution is 0.332. The highest BCUT2D eigenvalue weighted by molar-refractivity contribution is 7.90. The predicted molar refractivity (Wildman–Crippen MR) is 94.7 cm³/mol. The second-order valence-electron chi connectivity index (χ2n) is 6.14. The Labute approximate surface area is 158 Å². The summed E-state index contributed by atoms with van der Waals surface area (Å²) in [5, 5.41) is 12.8. The molecule has 0 aliphatic rings. The summed E-state index contributed by atoms with van der Waals surface area (Å²) in [6.45, 7) is 0.547. The van der Waals surface area contributed by atoms with Gasteiger partial charge < -0.3 is 4.52 Å². The summed E-state index contributed by atoms with van der Waals surface area (Å²) in [5.41, 5.74) is 0.968. The largest absolute Gasteiger partial charge is 0.357 e. The van der Waals surface area contributed by atoms with Gasteiger partial charge in [0.25, 0.3) is 0 Å². The van der Waals surface area contributed by atoms with E-state index in [1.807, 2.05) is 6.07 Å². The van der Waals surface area contributed by atoms with Crippen molar-refractivity contribution >= 4 is 9.84 Å². The fourth-order valence-electron chi connectivity index (χ4n) is 2.83. The fourth-order valence-corrected chi connectivity index (χ4v) is 3.56. The predicted octanol–water partition coefficient (Wildman–Crippen LogP) is 4.34. The SMILES string of the molecule is Cc1cc(-c2noc(CF)c2-c2cc(F)c(S(C)(=O)=O)cc2F)ccc1C#N. The molecular formula is C19H13F3N2O3S. The summed E-state index contributed by atoms with van der Waals surface area (Å²) in [5.74, 6) is -2.57. The molecule has 0 spiro atoms. The standard InChI is InChI=1S/C19H13F3N2O3S/c1-10-5-11(3-4-12(10)9-23)19-18(16(8-20)27-24-19)13-6-15(22)17(7-14(13)21)28(2,25)26/h3-7H,8H2,1-2H3. The summed E-state index contributed by atoms with van der Waals surface area (Å²) in [4.78, 5) is -0.803. The van der Waals surface area contributed by atoms with Gasteiger partial charge in [0.1, 0.15) is 22.2 Å². The number of hydrogen-bond donors (Lipinski definition) is 0. The fraction of sp³-hybridized carbons (Fsp3) is 0.158. The summed E-state index contributed by atoms with van der Waals surface area (Å²) >= 11 is 0. The number of rotatable bonds is 4. The Hall–Kier alpha value is -3.12. The number of aryl methyl sites for hydroxylation is 1. The van der Waals surface area contributed by atoms with Crippen molar-refractivity contribution in [1.29, 1.82) is 5.26 Å². The Morgan fingerprint density at radius 1 is 1.18 bits per heavy atom. The summed E-state index contributed by atoms with van der Waals surface area (Å²) < 4.78 is 70.5. The van der Waals surface area contributed by atoms with Gasteiger partial charge in [-0.2, -0.15) is 5.26 Å². The lowest BCUT2D eigenvalue weighted by Crippen LogP contribution is -2.03. The minimum Gasteiger partial charge on any atom is -0.357 e. The number of sulfone groups is 1. The van der Waals surface area contributed by atoms with E-state index in [4.69, 9.17) is 9.78 Å². The molecule has 0 bridgehead atoms. The molecule has 0 N–H and O–H groups in total. The first-order chi connectivity index (χ1) is 13.2. The van der Waals surface area contributed by atoms with Crippen LogP contribution < -0.4 is 0 Å². The third-order valence-corrected chi connectivity index (χ3v) is 5.31. The van der Waals surface area contributed by atoms with Crippen LogP contribution in [0.2, 0.25) is 0 Å². The first kappa shape index (κ1) is 19.6. The van der Waals surface area contributed by atoms with Gasteiger partial charge in [0.05, 0.1) is 17.2 Å². The molecule has 1 heterocycles. The normalized spacial score (nSPS) is 11.4. The molecule has 9 heteroatoms. The van der Waals surface area contributed by atoms with Gasteiger partial charge >= 0.3 is 0 Å². The smallest absolute Gasteiger partial charge is 0.178 e. The second kappa shape index (κ2) is 7.13. The van der Waals surface area contributed by atoms with Gasteiger partial charge in [-0.3, -0.25) is 0 Å². The minimum absolute atomic E-state index is 0.0469. The van der Waals surface area contributed by atoms with Crippen molar-refractivity contribution < 1.29 is 26.1 Å². The van der Waals surface area contributed by atoms with E-state index in [-0.39, 0.29) is 22.6 Å². The number of hydrogen-bond acceptors (Lipinski definition) is 5. The van der Waals surface area contributed by atoms with Crippen LogP contribution in [0.4, 0.5) is 13.2 Å². The van der Waals surface area contributed by atoms with Gasteiger partial charge in [-0.1, -0.05) is 11.2 Å². The highest BCUT2D eigenvalue weighted by Gasteiger charge is 2.25. The highest BCUT2D eigenvalue weighted by Crippen LogP contribution is 2.38. The molecule has 0 unspecified atom stereocenters. The minimum atomic E-state index is -3.99. The topological polar surface area (TPSA) is 84.0 Å². The van der Waals surface area contributed by atoms with Crippen molar-refractivity contribution in [2.24, 2.45) is 0 Å². The molecule has 0 amide bonds. The molecule has 3 rings (SSSR count). The molecule has 5 nitrogen and oxygen atoms in total. The van der Waals surface area contributed by atoms with Crippen molar-refractivity contribution in [3.8, 4) is 28.5 Å². The average Bonchev–Trinajstić information content (AvgIpc) is 3.06. The first-order valence-electron chi connectivity index (χ1n) is 7.92. The Bertz CT molecular complexity index is 1230. The van der Waals surface area contributed by atoms with Crippen molar-refractivity contribution in [3.63, 3.8) is 0 Å². The van der Waals surface area contributed by atoms with Crippen molar-refractivity contribution in [1.82, 2.24) is 5.16 Å². The zero-order chi connectivity index (χ0) is 20.6. The molecule has 0 aliphatic carbocycles. The van der Waals surface area contributed by atoms with Crippen LogP contribution in [-0.4, -0.2) is 19.8 Å². The van der Waals surface area contributed by atoms with Crippen LogP contribution >= 0.6 is 0 Å².